The zero-order valence-electron chi connectivity index (χ0n) is 10.8. The third kappa shape index (κ3) is 3.51. The highest BCUT2D eigenvalue weighted by atomic mass is 79.9. The monoisotopic (exact) mass is 336 g/mol. The van der Waals surface area contributed by atoms with E-state index in [-0.39, 0.29) is 11.3 Å². The van der Waals surface area contributed by atoms with Crippen molar-refractivity contribution >= 4 is 21.9 Å². The molecule has 0 aliphatic carbocycles. The number of ether oxygens (including phenoxy) is 2. The predicted molar refractivity (Wildman–Crippen MR) is 78.8 cm³/mol. The number of carbonyl (C=O) groups is 1. The molecule has 1 N–H and O–H groups in total. The summed E-state index contributed by atoms with van der Waals surface area (Å²) in [6, 6.07) is 11.8. The van der Waals surface area contributed by atoms with Gasteiger partial charge in [0.1, 0.15) is 22.8 Å². The molecule has 0 atom stereocenters. The van der Waals surface area contributed by atoms with Crippen LogP contribution in [0.1, 0.15) is 17.3 Å². The molecule has 0 saturated heterocycles. The molecule has 0 bridgehead atoms. The first-order valence-corrected chi connectivity index (χ1v) is 6.83. The van der Waals surface area contributed by atoms with Crippen LogP contribution in [0.3, 0.4) is 0 Å². The summed E-state index contributed by atoms with van der Waals surface area (Å²) in [6.07, 6.45) is 0. The first kappa shape index (κ1) is 14.4. The van der Waals surface area contributed by atoms with Crippen molar-refractivity contribution in [2.75, 3.05) is 6.61 Å². The van der Waals surface area contributed by atoms with Crippen molar-refractivity contribution in [2.24, 2.45) is 0 Å². The van der Waals surface area contributed by atoms with E-state index in [1.807, 2.05) is 13.0 Å². The number of rotatable bonds is 5. The Balaban J connectivity index is 2.31. The van der Waals surface area contributed by atoms with Crippen LogP contribution in [0.2, 0.25) is 0 Å². The van der Waals surface area contributed by atoms with E-state index >= 15 is 0 Å². The molecule has 0 heterocycles. The highest BCUT2D eigenvalue weighted by molar-refractivity contribution is 9.10. The zero-order valence-corrected chi connectivity index (χ0v) is 12.4. The van der Waals surface area contributed by atoms with Gasteiger partial charge in [0.15, 0.2) is 0 Å². The Hall–Kier alpha value is -2.01. The van der Waals surface area contributed by atoms with E-state index in [9.17, 15) is 4.79 Å². The molecule has 2 aromatic carbocycles. The Morgan fingerprint density at radius 2 is 1.95 bits per heavy atom. The van der Waals surface area contributed by atoms with Gasteiger partial charge in [-0.3, -0.25) is 0 Å². The average molecular weight is 337 g/mol. The van der Waals surface area contributed by atoms with Gasteiger partial charge in [0.2, 0.25) is 0 Å². The molecule has 2 rings (SSSR count). The molecule has 0 aliphatic rings. The second-order valence-corrected chi connectivity index (χ2v) is 4.87. The van der Waals surface area contributed by atoms with Crippen molar-refractivity contribution in [3.8, 4) is 17.2 Å². The molecular formula is C15H13BrO4. The summed E-state index contributed by atoms with van der Waals surface area (Å²) < 4.78 is 11.8. The summed E-state index contributed by atoms with van der Waals surface area (Å²) in [4.78, 5) is 11.2. The van der Waals surface area contributed by atoms with E-state index in [2.05, 4.69) is 15.9 Å². The normalized spacial score (nSPS) is 10.1. The Morgan fingerprint density at radius 3 is 2.65 bits per heavy atom. The van der Waals surface area contributed by atoms with Gasteiger partial charge in [0.05, 0.1) is 6.61 Å². The van der Waals surface area contributed by atoms with E-state index in [0.29, 0.717) is 18.1 Å². The minimum Gasteiger partial charge on any atom is -0.494 e. The van der Waals surface area contributed by atoms with Gasteiger partial charge in [-0.05, 0) is 37.3 Å². The van der Waals surface area contributed by atoms with Crippen LogP contribution in [0.4, 0.5) is 0 Å². The lowest BCUT2D eigenvalue weighted by molar-refractivity contribution is 0.0694. The first-order chi connectivity index (χ1) is 9.60. The van der Waals surface area contributed by atoms with Crippen LogP contribution in [0, 0.1) is 0 Å². The van der Waals surface area contributed by atoms with Crippen LogP contribution in [0.5, 0.6) is 17.2 Å². The number of aromatic carboxylic acids is 1. The molecule has 2 aromatic rings. The second-order valence-electron chi connectivity index (χ2n) is 3.96. The quantitative estimate of drug-likeness (QED) is 0.882. The number of carboxylic acids is 1. The van der Waals surface area contributed by atoms with Crippen molar-refractivity contribution < 1.29 is 19.4 Å². The van der Waals surface area contributed by atoms with E-state index in [4.69, 9.17) is 14.6 Å². The number of hydrogen-bond acceptors (Lipinski definition) is 3. The van der Waals surface area contributed by atoms with E-state index < -0.39 is 5.97 Å². The predicted octanol–water partition coefficient (Wildman–Crippen LogP) is 4.34. The van der Waals surface area contributed by atoms with Gasteiger partial charge in [-0.1, -0.05) is 22.0 Å². The van der Waals surface area contributed by atoms with E-state index in [1.165, 1.54) is 6.07 Å². The van der Waals surface area contributed by atoms with Crippen LogP contribution in [0.25, 0.3) is 0 Å². The molecule has 4 nitrogen and oxygen atoms in total. The lowest BCUT2D eigenvalue weighted by atomic mass is 10.2. The molecule has 104 valence electrons. The van der Waals surface area contributed by atoms with Crippen LogP contribution in [-0.2, 0) is 0 Å². The van der Waals surface area contributed by atoms with Gasteiger partial charge in [0, 0.05) is 10.5 Å². The molecule has 0 saturated carbocycles. The zero-order chi connectivity index (χ0) is 14.5. The first-order valence-electron chi connectivity index (χ1n) is 6.03. The lowest BCUT2D eigenvalue weighted by Gasteiger charge is -2.10. The maximum absolute atomic E-state index is 11.2. The van der Waals surface area contributed by atoms with Gasteiger partial charge in [-0.15, -0.1) is 0 Å². The molecule has 5 heteroatoms. The highest BCUT2D eigenvalue weighted by Crippen LogP contribution is 2.30. The highest BCUT2D eigenvalue weighted by Gasteiger charge is 2.12. The number of benzene rings is 2. The number of hydrogen-bond donors (Lipinski definition) is 1. The lowest BCUT2D eigenvalue weighted by Crippen LogP contribution is -2.00. The molecule has 0 fully saturated rings. The van der Waals surface area contributed by atoms with Crippen LogP contribution >= 0.6 is 15.9 Å². The molecule has 20 heavy (non-hydrogen) atoms. The van der Waals surface area contributed by atoms with Crippen molar-refractivity contribution in [2.45, 2.75) is 6.92 Å². The largest absolute Gasteiger partial charge is 0.494 e. The minimum absolute atomic E-state index is 0.106. The standard InChI is InChI=1S/C15H13BrO4/c1-2-19-11-4-3-5-12(9-11)20-14-8-10(16)6-7-13(14)15(17)18/h3-9H,2H2,1H3,(H,17,18). The molecule has 0 spiro atoms. The SMILES string of the molecule is CCOc1cccc(Oc2cc(Br)ccc2C(=O)O)c1. The summed E-state index contributed by atoms with van der Waals surface area (Å²) >= 11 is 3.30. The number of halogens is 1. The van der Waals surface area contributed by atoms with Crippen molar-refractivity contribution in [1.82, 2.24) is 0 Å². The smallest absolute Gasteiger partial charge is 0.339 e. The summed E-state index contributed by atoms with van der Waals surface area (Å²) in [5.41, 5.74) is 0.106. The van der Waals surface area contributed by atoms with Crippen LogP contribution < -0.4 is 9.47 Å². The molecule has 0 unspecified atom stereocenters. The van der Waals surface area contributed by atoms with Gasteiger partial charge >= 0.3 is 5.97 Å². The number of carboxylic acid groups (broad SMARTS) is 1. The summed E-state index contributed by atoms with van der Waals surface area (Å²) in [7, 11) is 0. The average Bonchev–Trinajstić information content (AvgIpc) is 2.39. The van der Waals surface area contributed by atoms with Gasteiger partial charge in [-0.2, -0.15) is 0 Å². The maximum Gasteiger partial charge on any atom is 0.339 e. The maximum atomic E-state index is 11.2. The Kier molecular flexibility index (Phi) is 4.63. The third-order valence-electron chi connectivity index (χ3n) is 2.52. The topological polar surface area (TPSA) is 55.8 Å². The van der Waals surface area contributed by atoms with Crippen LogP contribution in [0.15, 0.2) is 46.9 Å². The molecular weight excluding hydrogens is 324 g/mol. The molecule has 0 radical (unpaired) electrons. The Morgan fingerprint density at radius 1 is 1.20 bits per heavy atom. The van der Waals surface area contributed by atoms with Gasteiger partial charge in [-0.25, -0.2) is 4.79 Å². The summed E-state index contributed by atoms with van der Waals surface area (Å²) in [6.45, 7) is 2.45. The van der Waals surface area contributed by atoms with Gasteiger partial charge in [0.25, 0.3) is 0 Å². The second kappa shape index (κ2) is 6.43. The van der Waals surface area contributed by atoms with Crippen LogP contribution in [-0.4, -0.2) is 17.7 Å². The Bertz CT molecular complexity index is 625. The van der Waals surface area contributed by atoms with Crippen molar-refractivity contribution in [1.29, 1.82) is 0 Å². The van der Waals surface area contributed by atoms with E-state index in [1.54, 1.807) is 30.3 Å². The Labute approximate surface area is 125 Å². The fraction of sp³-hybridized carbons (Fsp3) is 0.133. The van der Waals surface area contributed by atoms with Gasteiger partial charge < -0.3 is 14.6 Å². The van der Waals surface area contributed by atoms with E-state index in [0.717, 1.165) is 4.47 Å². The minimum atomic E-state index is -1.03. The van der Waals surface area contributed by atoms with Crippen molar-refractivity contribution in [3.63, 3.8) is 0 Å². The molecule has 0 aliphatic heterocycles. The fourth-order valence-corrected chi connectivity index (χ4v) is 2.02. The summed E-state index contributed by atoms with van der Waals surface area (Å²) in [5, 5.41) is 9.15. The molecule has 0 aromatic heterocycles. The fourth-order valence-electron chi connectivity index (χ4n) is 1.68. The molecule has 0 amide bonds. The summed E-state index contributed by atoms with van der Waals surface area (Å²) in [5.74, 6) is 0.447. The third-order valence-corrected chi connectivity index (χ3v) is 3.01. The van der Waals surface area contributed by atoms with Crippen molar-refractivity contribution in [3.05, 3.63) is 52.5 Å².